The Hall–Kier alpha value is -3.15. The first-order chi connectivity index (χ1) is 13.1. The summed E-state index contributed by atoms with van der Waals surface area (Å²) in [6.45, 7) is 5.22. The van der Waals surface area contributed by atoms with Gasteiger partial charge in [0.05, 0.1) is 11.4 Å². The Bertz CT molecular complexity index is 928. The van der Waals surface area contributed by atoms with E-state index in [9.17, 15) is 4.39 Å². The number of rotatable bonds is 5. The lowest BCUT2D eigenvalue weighted by Crippen LogP contribution is -2.36. The number of nitrogens with one attached hydrogen (secondary N) is 2. The lowest BCUT2D eigenvalue weighted by atomic mass is 10.1. The predicted octanol–water partition coefficient (Wildman–Crippen LogP) is 3.49. The highest BCUT2D eigenvalue weighted by Gasteiger charge is 2.09. The van der Waals surface area contributed by atoms with E-state index in [1.165, 1.54) is 12.1 Å². The Balaban J connectivity index is 1.67. The number of aryl methyl sites for hydroxylation is 2. The molecule has 2 aromatic carbocycles. The number of aliphatic imine (C=N–C) groups is 1. The maximum absolute atomic E-state index is 13.0. The van der Waals surface area contributed by atoms with Gasteiger partial charge >= 0.3 is 0 Å². The zero-order valence-corrected chi connectivity index (χ0v) is 15.8. The first-order valence-electron chi connectivity index (χ1n) is 8.87. The van der Waals surface area contributed by atoms with Crippen molar-refractivity contribution < 1.29 is 4.39 Å². The Morgan fingerprint density at radius 2 is 1.74 bits per heavy atom. The van der Waals surface area contributed by atoms with Crippen LogP contribution in [0.5, 0.6) is 0 Å². The molecule has 140 valence electrons. The summed E-state index contributed by atoms with van der Waals surface area (Å²) in [6.07, 6.45) is 0. The van der Waals surface area contributed by atoms with E-state index in [0.29, 0.717) is 19.0 Å². The van der Waals surface area contributed by atoms with Crippen molar-refractivity contribution in [2.24, 2.45) is 4.99 Å². The van der Waals surface area contributed by atoms with Crippen LogP contribution in [0.15, 0.2) is 59.6 Å². The molecule has 0 aliphatic rings. The second-order valence-electron chi connectivity index (χ2n) is 6.37. The highest BCUT2D eigenvalue weighted by Crippen LogP contribution is 2.16. The van der Waals surface area contributed by atoms with E-state index in [0.717, 1.165) is 28.2 Å². The number of hydrogen-bond acceptors (Lipinski definition) is 2. The highest BCUT2D eigenvalue weighted by molar-refractivity contribution is 5.79. The third-order valence-corrected chi connectivity index (χ3v) is 4.27. The summed E-state index contributed by atoms with van der Waals surface area (Å²) in [5.41, 5.74) is 5.24. The fraction of sp³-hybridized carbons (Fsp3) is 0.238. The molecule has 0 saturated carbocycles. The number of hydrogen-bond donors (Lipinski definition) is 2. The van der Waals surface area contributed by atoms with E-state index >= 15 is 0 Å². The molecule has 1 aromatic heterocycles. The molecule has 0 bridgehead atoms. The van der Waals surface area contributed by atoms with Crippen LogP contribution in [0.4, 0.5) is 4.39 Å². The van der Waals surface area contributed by atoms with Gasteiger partial charge in [-0.25, -0.2) is 9.07 Å². The van der Waals surface area contributed by atoms with Crippen LogP contribution in [-0.2, 0) is 13.1 Å². The van der Waals surface area contributed by atoms with Crippen LogP contribution in [0.3, 0.4) is 0 Å². The molecule has 5 nitrogen and oxygen atoms in total. The lowest BCUT2D eigenvalue weighted by Gasteiger charge is -2.15. The number of nitrogens with zero attached hydrogens (tertiary/aromatic N) is 3. The lowest BCUT2D eigenvalue weighted by molar-refractivity contribution is 0.626. The van der Waals surface area contributed by atoms with Crippen LogP contribution in [0, 0.1) is 19.7 Å². The summed E-state index contributed by atoms with van der Waals surface area (Å²) in [5, 5.41) is 11.2. The molecule has 0 atom stereocenters. The summed E-state index contributed by atoms with van der Waals surface area (Å²) in [7, 11) is 1.73. The first-order valence-corrected chi connectivity index (χ1v) is 8.87. The minimum Gasteiger partial charge on any atom is -0.352 e. The standard InChI is InChI=1S/C21H24FN5/c1-15-12-16(2)27(26-15)20-7-5-4-6-18(20)14-25-21(23-3)24-13-17-8-10-19(22)11-9-17/h4-12H,13-14H2,1-3H3,(H2,23,24,25). The molecule has 0 amide bonds. The van der Waals surface area contributed by atoms with Gasteiger partial charge in [-0.2, -0.15) is 5.10 Å². The third kappa shape index (κ3) is 4.73. The smallest absolute Gasteiger partial charge is 0.191 e. The van der Waals surface area contributed by atoms with E-state index in [1.807, 2.05) is 30.7 Å². The van der Waals surface area contributed by atoms with E-state index in [1.54, 1.807) is 19.2 Å². The fourth-order valence-corrected chi connectivity index (χ4v) is 2.93. The van der Waals surface area contributed by atoms with E-state index in [2.05, 4.69) is 38.9 Å². The van der Waals surface area contributed by atoms with Crippen molar-refractivity contribution in [3.63, 3.8) is 0 Å². The van der Waals surface area contributed by atoms with Crippen molar-refractivity contribution in [1.82, 2.24) is 20.4 Å². The normalized spacial score (nSPS) is 11.5. The van der Waals surface area contributed by atoms with E-state index in [-0.39, 0.29) is 5.82 Å². The van der Waals surface area contributed by atoms with E-state index in [4.69, 9.17) is 0 Å². The Morgan fingerprint density at radius 3 is 2.41 bits per heavy atom. The number of para-hydroxylation sites is 1. The molecule has 0 unspecified atom stereocenters. The number of halogens is 1. The zero-order valence-electron chi connectivity index (χ0n) is 15.8. The SMILES string of the molecule is CN=C(NCc1ccc(F)cc1)NCc1ccccc1-n1nc(C)cc1C. The molecule has 6 heteroatoms. The van der Waals surface area contributed by atoms with Crippen LogP contribution < -0.4 is 10.6 Å². The van der Waals surface area contributed by atoms with Crippen molar-refractivity contribution >= 4 is 5.96 Å². The molecule has 0 radical (unpaired) electrons. The molecule has 0 aliphatic heterocycles. The topological polar surface area (TPSA) is 54.2 Å². The van der Waals surface area contributed by atoms with Gasteiger partial charge in [0.25, 0.3) is 0 Å². The molecule has 1 heterocycles. The summed E-state index contributed by atoms with van der Waals surface area (Å²) in [6, 6.07) is 16.7. The summed E-state index contributed by atoms with van der Waals surface area (Å²) in [4.78, 5) is 4.26. The number of guanidine groups is 1. The van der Waals surface area contributed by atoms with Crippen molar-refractivity contribution in [2.45, 2.75) is 26.9 Å². The second-order valence-corrected chi connectivity index (χ2v) is 6.37. The average molecular weight is 365 g/mol. The zero-order chi connectivity index (χ0) is 19.2. The van der Waals surface area contributed by atoms with Crippen molar-refractivity contribution in [3.05, 3.63) is 82.9 Å². The highest BCUT2D eigenvalue weighted by atomic mass is 19.1. The average Bonchev–Trinajstić information content (AvgIpc) is 3.01. The molecule has 0 aliphatic carbocycles. The molecular formula is C21H24FN5. The summed E-state index contributed by atoms with van der Waals surface area (Å²) in [5.74, 6) is 0.449. The van der Waals surface area contributed by atoms with Crippen molar-refractivity contribution in [2.75, 3.05) is 7.05 Å². The van der Waals surface area contributed by atoms with Gasteiger partial charge in [-0.15, -0.1) is 0 Å². The molecular weight excluding hydrogens is 341 g/mol. The molecule has 0 spiro atoms. The largest absolute Gasteiger partial charge is 0.352 e. The van der Waals surface area contributed by atoms with Crippen molar-refractivity contribution in [3.8, 4) is 5.69 Å². The summed E-state index contributed by atoms with van der Waals surface area (Å²) >= 11 is 0. The van der Waals surface area contributed by atoms with Gasteiger partial charge in [0.2, 0.25) is 0 Å². The van der Waals surface area contributed by atoms with Crippen LogP contribution in [0.25, 0.3) is 5.69 Å². The molecule has 0 fully saturated rings. The van der Waals surface area contributed by atoms with Gasteiger partial charge in [0.1, 0.15) is 5.82 Å². The predicted molar refractivity (Wildman–Crippen MR) is 106 cm³/mol. The Labute approximate surface area is 159 Å². The monoisotopic (exact) mass is 365 g/mol. The molecule has 27 heavy (non-hydrogen) atoms. The minimum absolute atomic E-state index is 0.234. The Kier molecular flexibility index (Phi) is 5.86. The fourth-order valence-electron chi connectivity index (χ4n) is 2.93. The van der Waals surface area contributed by atoms with Crippen LogP contribution in [-0.4, -0.2) is 22.8 Å². The third-order valence-electron chi connectivity index (χ3n) is 4.27. The van der Waals surface area contributed by atoms with Gasteiger partial charge < -0.3 is 10.6 Å². The molecule has 3 rings (SSSR count). The van der Waals surface area contributed by atoms with Crippen LogP contribution in [0.2, 0.25) is 0 Å². The van der Waals surface area contributed by atoms with Gasteiger partial charge in [-0.3, -0.25) is 4.99 Å². The Morgan fingerprint density at radius 1 is 1.04 bits per heavy atom. The van der Waals surface area contributed by atoms with Crippen LogP contribution in [0.1, 0.15) is 22.5 Å². The van der Waals surface area contributed by atoms with Gasteiger partial charge in [-0.1, -0.05) is 30.3 Å². The molecule has 3 aromatic rings. The summed E-state index contributed by atoms with van der Waals surface area (Å²) < 4.78 is 15.0. The quantitative estimate of drug-likeness (QED) is 0.538. The number of aromatic nitrogens is 2. The second kappa shape index (κ2) is 8.49. The number of benzene rings is 2. The van der Waals surface area contributed by atoms with E-state index < -0.39 is 0 Å². The van der Waals surface area contributed by atoms with Gasteiger partial charge in [-0.05, 0) is 49.2 Å². The maximum Gasteiger partial charge on any atom is 0.191 e. The molecule has 2 N–H and O–H groups in total. The van der Waals surface area contributed by atoms with Crippen molar-refractivity contribution in [1.29, 1.82) is 0 Å². The molecule has 0 saturated heterocycles. The minimum atomic E-state index is -0.234. The van der Waals surface area contributed by atoms with Gasteiger partial charge in [0.15, 0.2) is 5.96 Å². The first kappa shape index (κ1) is 18.6. The van der Waals surface area contributed by atoms with Gasteiger partial charge in [0, 0.05) is 25.8 Å². The maximum atomic E-state index is 13.0. The van der Waals surface area contributed by atoms with Crippen LogP contribution >= 0.6 is 0 Å².